The zero-order chi connectivity index (χ0) is 26.8. The SMILES string of the molecule is CC(=O)O[C@@H]1C[C@H]2C(=O)C=C3[C@H](CC[C@]4(C)[C@@H]([C@H](C)[C@H](O)CCC(C)(C)O)CC[C@@]34O)[C@@]2(C)C[C@@H]1O. The molecule has 3 fully saturated rings. The van der Waals surface area contributed by atoms with Gasteiger partial charge in [0.15, 0.2) is 5.78 Å². The van der Waals surface area contributed by atoms with Crippen LogP contribution in [-0.2, 0) is 14.3 Å². The zero-order valence-corrected chi connectivity index (χ0v) is 22.8. The van der Waals surface area contributed by atoms with Crippen molar-refractivity contribution in [1.29, 1.82) is 0 Å². The molecule has 0 heterocycles. The monoisotopic (exact) mass is 506 g/mol. The minimum absolute atomic E-state index is 0.0274. The van der Waals surface area contributed by atoms with Crippen molar-refractivity contribution in [2.75, 3.05) is 0 Å². The van der Waals surface area contributed by atoms with Gasteiger partial charge in [-0.15, -0.1) is 0 Å². The second-order valence-corrected chi connectivity index (χ2v) is 13.5. The van der Waals surface area contributed by atoms with E-state index < -0.39 is 46.3 Å². The molecule has 0 spiro atoms. The summed E-state index contributed by atoms with van der Waals surface area (Å²) < 4.78 is 5.34. The number of ketones is 1. The Morgan fingerprint density at radius 1 is 1.22 bits per heavy atom. The molecule has 0 aromatic carbocycles. The van der Waals surface area contributed by atoms with Crippen LogP contribution in [0.4, 0.5) is 0 Å². The van der Waals surface area contributed by atoms with Crippen LogP contribution >= 0.6 is 0 Å². The first-order valence-corrected chi connectivity index (χ1v) is 13.8. The van der Waals surface area contributed by atoms with E-state index in [2.05, 4.69) is 13.8 Å². The number of esters is 1. The van der Waals surface area contributed by atoms with Gasteiger partial charge in [0.25, 0.3) is 0 Å². The maximum absolute atomic E-state index is 13.5. The molecule has 0 saturated heterocycles. The summed E-state index contributed by atoms with van der Waals surface area (Å²) in [6, 6.07) is 0. The van der Waals surface area contributed by atoms with Crippen LogP contribution in [0.5, 0.6) is 0 Å². The second kappa shape index (κ2) is 9.18. The molecule has 204 valence electrons. The number of hydrogen-bond donors (Lipinski definition) is 4. The lowest BCUT2D eigenvalue weighted by atomic mass is 9.46. The van der Waals surface area contributed by atoms with Gasteiger partial charge in [-0.05, 0) is 100 Å². The van der Waals surface area contributed by atoms with E-state index in [1.807, 2.05) is 6.92 Å². The van der Waals surface area contributed by atoms with E-state index in [0.717, 1.165) is 24.8 Å². The summed E-state index contributed by atoms with van der Waals surface area (Å²) in [5.41, 5.74) is -2.14. The van der Waals surface area contributed by atoms with Crippen molar-refractivity contribution >= 4 is 11.8 Å². The second-order valence-electron chi connectivity index (χ2n) is 13.5. The highest BCUT2D eigenvalue weighted by Crippen LogP contribution is 2.68. The van der Waals surface area contributed by atoms with Gasteiger partial charge in [0, 0.05) is 18.3 Å². The molecule has 0 amide bonds. The number of allylic oxidation sites excluding steroid dienone is 1. The summed E-state index contributed by atoms with van der Waals surface area (Å²) in [4.78, 5) is 25.0. The first kappa shape index (κ1) is 27.7. The van der Waals surface area contributed by atoms with E-state index in [1.54, 1.807) is 19.9 Å². The Morgan fingerprint density at radius 3 is 2.50 bits per heavy atom. The van der Waals surface area contributed by atoms with Gasteiger partial charge in [0.1, 0.15) is 6.10 Å². The zero-order valence-electron chi connectivity index (χ0n) is 22.8. The number of hydrogen-bond acceptors (Lipinski definition) is 7. The van der Waals surface area contributed by atoms with Gasteiger partial charge in [-0.3, -0.25) is 9.59 Å². The van der Waals surface area contributed by atoms with Crippen molar-refractivity contribution in [1.82, 2.24) is 0 Å². The Balaban J connectivity index is 1.61. The molecule has 0 unspecified atom stereocenters. The topological polar surface area (TPSA) is 124 Å². The van der Waals surface area contributed by atoms with Crippen molar-refractivity contribution < 1.29 is 34.8 Å². The van der Waals surface area contributed by atoms with Crippen molar-refractivity contribution in [2.45, 2.75) is 122 Å². The molecule has 4 N–H and O–H groups in total. The fourth-order valence-corrected chi connectivity index (χ4v) is 8.61. The van der Waals surface area contributed by atoms with Crippen molar-refractivity contribution in [3.05, 3.63) is 11.6 Å². The Labute approximate surface area is 215 Å². The van der Waals surface area contributed by atoms with Gasteiger partial charge in [0.05, 0.1) is 23.4 Å². The smallest absolute Gasteiger partial charge is 0.302 e. The molecule has 0 aliphatic heterocycles. The number of ether oxygens (including phenoxy) is 1. The predicted molar refractivity (Wildman–Crippen MR) is 135 cm³/mol. The lowest BCUT2D eigenvalue weighted by Gasteiger charge is -2.60. The van der Waals surface area contributed by atoms with Crippen LogP contribution in [-0.4, -0.2) is 61.7 Å². The predicted octanol–water partition coefficient (Wildman–Crippen LogP) is 3.31. The quantitative estimate of drug-likeness (QED) is 0.408. The molecule has 0 aromatic rings. The fraction of sp³-hybridized carbons (Fsp3) is 0.862. The molecule has 0 bridgehead atoms. The number of carbonyl (C=O) groups excluding carboxylic acids is 2. The normalized spacial score (nSPS) is 44.1. The Kier molecular flexibility index (Phi) is 7.07. The van der Waals surface area contributed by atoms with Crippen LogP contribution < -0.4 is 0 Å². The molecule has 0 aromatic heterocycles. The Hall–Kier alpha value is -1.28. The van der Waals surface area contributed by atoms with Gasteiger partial charge < -0.3 is 25.2 Å². The van der Waals surface area contributed by atoms with Gasteiger partial charge >= 0.3 is 5.97 Å². The minimum atomic E-state index is -1.13. The molecule has 4 rings (SSSR count). The third-order valence-corrected chi connectivity index (χ3v) is 10.8. The van der Waals surface area contributed by atoms with Gasteiger partial charge in [-0.1, -0.05) is 20.8 Å². The van der Waals surface area contributed by atoms with Crippen LogP contribution in [0.2, 0.25) is 0 Å². The van der Waals surface area contributed by atoms with Crippen molar-refractivity contribution in [3.8, 4) is 0 Å². The highest BCUT2D eigenvalue weighted by Gasteiger charge is 2.67. The number of fused-ring (bicyclic) bond motifs is 5. The maximum Gasteiger partial charge on any atom is 0.302 e. The molecule has 10 atom stereocenters. The van der Waals surface area contributed by atoms with E-state index in [4.69, 9.17) is 4.74 Å². The van der Waals surface area contributed by atoms with Crippen molar-refractivity contribution in [2.24, 2.45) is 34.5 Å². The highest BCUT2D eigenvalue weighted by atomic mass is 16.6. The average molecular weight is 507 g/mol. The van der Waals surface area contributed by atoms with Crippen LogP contribution in [0.15, 0.2) is 11.6 Å². The number of aliphatic hydroxyl groups excluding tert-OH is 2. The van der Waals surface area contributed by atoms with Crippen LogP contribution in [0.25, 0.3) is 0 Å². The summed E-state index contributed by atoms with van der Waals surface area (Å²) in [5.74, 6) is -0.848. The van der Waals surface area contributed by atoms with Gasteiger partial charge in [-0.25, -0.2) is 0 Å². The largest absolute Gasteiger partial charge is 0.460 e. The third-order valence-electron chi connectivity index (χ3n) is 10.8. The van der Waals surface area contributed by atoms with Crippen LogP contribution in [0, 0.1) is 34.5 Å². The Bertz CT molecular complexity index is 921. The van der Waals surface area contributed by atoms with E-state index in [0.29, 0.717) is 32.1 Å². The van der Waals surface area contributed by atoms with Crippen LogP contribution in [0.1, 0.15) is 92.9 Å². The maximum atomic E-state index is 13.5. The van der Waals surface area contributed by atoms with Gasteiger partial charge in [0.2, 0.25) is 0 Å². The fourth-order valence-electron chi connectivity index (χ4n) is 8.61. The lowest BCUT2D eigenvalue weighted by molar-refractivity contribution is -0.173. The molecule has 4 aliphatic carbocycles. The number of rotatable bonds is 6. The molecule has 3 saturated carbocycles. The summed E-state index contributed by atoms with van der Waals surface area (Å²) in [5, 5.41) is 44.3. The number of carbonyl (C=O) groups is 2. The molecule has 4 aliphatic rings. The highest BCUT2D eigenvalue weighted by molar-refractivity contribution is 5.95. The average Bonchev–Trinajstić information content (AvgIpc) is 3.04. The molecule has 0 radical (unpaired) electrons. The first-order chi connectivity index (χ1) is 16.5. The standard InChI is InChI=1S/C29H46O7/c1-16(22(31)9-10-26(3,4)34)18-8-12-29(35)20-13-23(32)21-14-25(36-17(2)30)24(33)15-27(21,5)19(20)7-11-28(18,29)6/h13,16,18-19,21-22,24-25,31,33-35H,7-12,14-15H2,1-6H3/t16-,18+,19-,21-,22+,24-,25+,27+,28+,29+/m0/s1. The molecular weight excluding hydrogens is 460 g/mol. The van der Waals surface area contributed by atoms with E-state index in [1.165, 1.54) is 6.92 Å². The lowest BCUT2D eigenvalue weighted by Crippen LogP contribution is -2.61. The summed E-state index contributed by atoms with van der Waals surface area (Å²) >= 11 is 0. The molecule has 7 heteroatoms. The van der Waals surface area contributed by atoms with Gasteiger partial charge in [-0.2, -0.15) is 0 Å². The first-order valence-electron chi connectivity index (χ1n) is 13.8. The Morgan fingerprint density at radius 2 is 1.89 bits per heavy atom. The molecular formula is C29H46O7. The minimum Gasteiger partial charge on any atom is -0.460 e. The number of aliphatic hydroxyl groups is 4. The summed E-state index contributed by atoms with van der Waals surface area (Å²) in [7, 11) is 0. The van der Waals surface area contributed by atoms with E-state index in [-0.39, 0.29) is 29.5 Å². The van der Waals surface area contributed by atoms with E-state index >= 15 is 0 Å². The summed E-state index contributed by atoms with van der Waals surface area (Å²) in [6.07, 6.45) is 4.14. The van der Waals surface area contributed by atoms with Crippen LogP contribution in [0.3, 0.4) is 0 Å². The molecule has 7 nitrogen and oxygen atoms in total. The summed E-state index contributed by atoms with van der Waals surface area (Å²) in [6.45, 7) is 11.0. The van der Waals surface area contributed by atoms with E-state index in [9.17, 15) is 30.0 Å². The molecule has 36 heavy (non-hydrogen) atoms. The van der Waals surface area contributed by atoms with Crippen molar-refractivity contribution in [3.63, 3.8) is 0 Å². The third kappa shape index (κ3) is 4.38.